The van der Waals surface area contributed by atoms with Gasteiger partial charge in [0, 0.05) is 82.6 Å². The Labute approximate surface area is 369 Å². The largest absolute Gasteiger partial charge is 0.507 e. The second-order valence-corrected chi connectivity index (χ2v) is 19.0. The van der Waals surface area contributed by atoms with Gasteiger partial charge in [0.2, 0.25) is 11.7 Å². The van der Waals surface area contributed by atoms with E-state index in [-0.39, 0.29) is 48.9 Å². The van der Waals surface area contributed by atoms with Crippen LogP contribution in [0.3, 0.4) is 0 Å². The van der Waals surface area contributed by atoms with Crippen molar-refractivity contribution in [1.82, 2.24) is 29.3 Å². The smallest absolute Gasteiger partial charge is 0.329 e. The molecule has 3 aliphatic heterocycles. The zero-order chi connectivity index (χ0) is 44.4. The van der Waals surface area contributed by atoms with Gasteiger partial charge >= 0.3 is 5.97 Å². The van der Waals surface area contributed by atoms with Gasteiger partial charge in [-0.15, -0.1) is 0 Å². The number of phenols is 1. The van der Waals surface area contributed by atoms with Crippen LogP contribution in [0.2, 0.25) is 0 Å². The number of amides is 1. The fourth-order valence-corrected chi connectivity index (χ4v) is 9.26. The van der Waals surface area contributed by atoms with Crippen LogP contribution in [-0.2, 0) is 23.8 Å². The van der Waals surface area contributed by atoms with E-state index in [1.54, 1.807) is 55.8 Å². The number of hydrogen-bond acceptors (Lipinski definition) is 14. The molecule has 4 aliphatic rings. The van der Waals surface area contributed by atoms with Gasteiger partial charge < -0.3 is 49.4 Å². The number of phenolic OH excluding ortho intramolecular Hbond substituents is 1. The number of aliphatic hydroxyl groups is 1. The number of imidazole rings is 1. The van der Waals surface area contributed by atoms with Crippen LogP contribution in [0.4, 0.5) is 11.6 Å². The molecule has 3 atom stereocenters. The van der Waals surface area contributed by atoms with Crippen LogP contribution in [0, 0.1) is 23.7 Å². The highest BCUT2D eigenvalue weighted by molar-refractivity contribution is 5.89. The molecule has 0 bridgehead atoms. The maximum absolute atomic E-state index is 14.0. The van der Waals surface area contributed by atoms with Gasteiger partial charge in [0.05, 0.1) is 35.7 Å². The minimum Gasteiger partial charge on any atom is -0.507 e. The third-order valence-corrected chi connectivity index (χ3v) is 12.7. The Bertz CT molecular complexity index is 2290. The Morgan fingerprint density at radius 3 is 2.44 bits per heavy atom. The predicted octanol–water partition coefficient (Wildman–Crippen LogP) is 5.01. The number of anilines is 2. The molecule has 6 heterocycles. The van der Waals surface area contributed by atoms with Crippen LogP contribution >= 0.6 is 0 Å². The summed E-state index contributed by atoms with van der Waals surface area (Å²) in [5.74, 6) is 7.32. The average molecular weight is 867 g/mol. The lowest BCUT2D eigenvalue weighted by molar-refractivity contribution is -0.163. The molecule has 1 saturated carbocycles. The lowest BCUT2D eigenvalue weighted by atomic mass is 9.91. The lowest BCUT2D eigenvalue weighted by Crippen LogP contribution is -2.46. The van der Waals surface area contributed by atoms with E-state index in [1.807, 2.05) is 26.0 Å². The number of nitrogen functional groups attached to an aromatic ring is 1. The molecule has 3 aromatic heterocycles. The number of nitrogens with two attached hydrogens (primary N) is 1. The Hall–Kier alpha value is -5.21. The van der Waals surface area contributed by atoms with Crippen molar-refractivity contribution in [3.05, 3.63) is 54.0 Å². The number of fused-ring (bicyclic) bond motifs is 1. The van der Waals surface area contributed by atoms with E-state index in [9.17, 15) is 19.8 Å². The highest BCUT2D eigenvalue weighted by atomic mass is 16.6. The number of carbonyl (C=O) groups is 2. The second kappa shape index (κ2) is 18.9. The van der Waals surface area contributed by atoms with Crippen LogP contribution in [0.1, 0.15) is 96.8 Å². The Balaban J connectivity index is 0.729. The highest BCUT2D eigenvalue weighted by Gasteiger charge is 2.45. The molecule has 8 rings (SSSR count). The lowest BCUT2D eigenvalue weighted by Gasteiger charge is -2.41. The van der Waals surface area contributed by atoms with Gasteiger partial charge in [0.1, 0.15) is 35.7 Å². The molecular weight excluding hydrogens is 805 g/mol. The minimum absolute atomic E-state index is 0.0782. The highest BCUT2D eigenvalue weighted by Crippen LogP contribution is 2.35. The Kier molecular flexibility index (Phi) is 13.3. The van der Waals surface area contributed by atoms with E-state index < -0.39 is 29.6 Å². The van der Waals surface area contributed by atoms with Crippen LogP contribution in [0.5, 0.6) is 5.75 Å². The maximum atomic E-state index is 14.0. The number of carbonyl (C=O) groups excluding carboxylic acids is 2. The molecule has 1 aromatic carbocycles. The van der Waals surface area contributed by atoms with Crippen molar-refractivity contribution >= 4 is 29.3 Å². The van der Waals surface area contributed by atoms with Gasteiger partial charge in [-0.25, -0.2) is 9.78 Å². The summed E-state index contributed by atoms with van der Waals surface area (Å²) in [5.41, 5.74) is 7.29. The molecule has 1 amide bonds. The molecule has 4 aromatic rings. The molecule has 0 radical (unpaired) electrons. The van der Waals surface area contributed by atoms with Crippen LogP contribution in [0.15, 0.2) is 47.2 Å². The average Bonchev–Trinajstić information content (AvgIpc) is 3.97. The first-order chi connectivity index (χ1) is 30.2. The number of aliphatic hydroxyl groups excluding tert-OH is 1. The summed E-state index contributed by atoms with van der Waals surface area (Å²) < 4.78 is 25.7. The predicted molar refractivity (Wildman–Crippen MR) is 236 cm³/mol. The van der Waals surface area contributed by atoms with Crippen LogP contribution < -0.4 is 10.6 Å². The molecule has 338 valence electrons. The monoisotopic (exact) mass is 866 g/mol. The first-order valence-electron chi connectivity index (χ1n) is 22.5. The number of β-amino-alcohol motifs (C(OH)–C–C–N with tert-alkyl or cyclic N) is 1. The number of benzene rings is 1. The van der Waals surface area contributed by atoms with Crippen molar-refractivity contribution in [2.75, 3.05) is 56.5 Å². The summed E-state index contributed by atoms with van der Waals surface area (Å²) in [6, 6.07) is 8.07. The fourth-order valence-electron chi connectivity index (χ4n) is 9.26. The van der Waals surface area contributed by atoms with Gasteiger partial charge in [-0.1, -0.05) is 43.0 Å². The summed E-state index contributed by atoms with van der Waals surface area (Å²) in [6.45, 7) is 14.5. The van der Waals surface area contributed by atoms with Gasteiger partial charge in [-0.2, -0.15) is 4.98 Å². The first-order valence-corrected chi connectivity index (χ1v) is 22.5. The van der Waals surface area contributed by atoms with Crippen molar-refractivity contribution in [3.63, 3.8) is 0 Å². The number of nitrogens with zero attached hydrogens (tertiary/aromatic N) is 7. The topological polar surface area (TPSA) is 194 Å². The number of esters is 1. The number of aromatic nitrogens is 4. The standard InChI is InChI=1S/C47H62N8O8/c1-29(2)42(44(58)55-27-32(56)21-38(55)45(59)62-47(3,4)5)40-24-41(51-63-40)53-18-12-30(13-19-53)25-52-16-14-33(15-17-52)61-35-22-34(23-35)60-20-8-9-31-26-54-28-37(49-46(54)50-43(31)48)36-10-6-7-11-39(36)57/h6-7,10-11,24,26,28-30,32-35,38,42,56-57H,12-23,25,27H2,1-5H3,(H2,48,49,50)/t32-,34?,35?,38+,42-/m1/s1. The van der Waals surface area contributed by atoms with Gasteiger partial charge in [-0.3, -0.25) is 9.20 Å². The van der Waals surface area contributed by atoms with E-state index in [2.05, 4.69) is 36.8 Å². The van der Waals surface area contributed by atoms with E-state index >= 15 is 0 Å². The van der Waals surface area contributed by atoms with Crippen molar-refractivity contribution in [2.45, 2.75) is 122 Å². The Morgan fingerprint density at radius 1 is 0.984 bits per heavy atom. The zero-order valence-corrected chi connectivity index (χ0v) is 37.1. The third-order valence-electron chi connectivity index (χ3n) is 12.7. The van der Waals surface area contributed by atoms with Gasteiger partial charge in [-0.05, 0) is 70.4 Å². The van der Waals surface area contributed by atoms with Crippen molar-refractivity contribution in [3.8, 4) is 28.8 Å². The molecule has 0 spiro atoms. The number of likely N-dealkylation sites (tertiary alicyclic amines) is 2. The van der Waals surface area contributed by atoms with E-state index in [1.165, 1.54) is 4.90 Å². The summed E-state index contributed by atoms with van der Waals surface area (Å²) >= 11 is 0. The third kappa shape index (κ3) is 10.6. The first kappa shape index (κ1) is 44.4. The molecule has 3 saturated heterocycles. The molecule has 0 unspecified atom stereocenters. The molecule has 1 aliphatic carbocycles. The van der Waals surface area contributed by atoms with Gasteiger partial charge in [0.25, 0.3) is 0 Å². The molecule has 4 N–H and O–H groups in total. The Morgan fingerprint density at radius 2 is 1.73 bits per heavy atom. The molecule has 16 heteroatoms. The van der Waals surface area contributed by atoms with Crippen molar-refractivity contribution in [1.29, 1.82) is 0 Å². The fraction of sp³-hybridized carbons (Fsp3) is 0.596. The van der Waals surface area contributed by atoms with Crippen molar-refractivity contribution in [2.24, 2.45) is 11.8 Å². The quantitative estimate of drug-likeness (QED) is 0.127. The number of piperidine rings is 2. The normalized spacial score (nSPS) is 23.2. The van der Waals surface area contributed by atoms with E-state index in [0.717, 1.165) is 77.1 Å². The number of para-hydroxylation sites is 1. The molecular formula is C47H62N8O8. The molecule has 4 fully saturated rings. The summed E-state index contributed by atoms with van der Waals surface area (Å²) in [5, 5.41) is 25.1. The summed E-state index contributed by atoms with van der Waals surface area (Å²) in [4.78, 5) is 42.1. The second-order valence-electron chi connectivity index (χ2n) is 19.0. The molecule has 16 nitrogen and oxygen atoms in total. The van der Waals surface area contributed by atoms with E-state index in [4.69, 9.17) is 24.5 Å². The maximum Gasteiger partial charge on any atom is 0.329 e. The number of rotatable bonds is 12. The minimum atomic E-state index is -0.839. The SMILES string of the molecule is CC(C)[C@@H](C(=O)N1C[C@H](O)C[C@H]1C(=O)OC(C)(C)C)c1cc(N2CCC(CN3CCC(OC4CC(OCC#Cc5cn6cc(-c7ccccc7O)nc6nc5N)C4)CC3)CC2)no1. The van der Waals surface area contributed by atoms with Crippen LogP contribution in [-0.4, -0.2) is 133 Å². The number of hydrogen-bond donors (Lipinski definition) is 3. The zero-order valence-electron chi connectivity index (χ0n) is 37.1. The molecule has 63 heavy (non-hydrogen) atoms. The van der Waals surface area contributed by atoms with Gasteiger partial charge in [0.15, 0.2) is 11.6 Å². The number of ether oxygens (including phenoxy) is 3. The van der Waals surface area contributed by atoms with E-state index in [0.29, 0.717) is 46.7 Å². The summed E-state index contributed by atoms with van der Waals surface area (Å²) in [6.07, 6.45) is 9.49. The number of aromatic hydroxyl groups is 1. The van der Waals surface area contributed by atoms with Crippen molar-refractivity contribution < 1.29 is 38.5 Å². The van der Waals surface area contributed by atoms with Crippen LogP contribution in [0.25, 0.3) is 17.0 Å². The summed E-state index contributed by atoms with van der Waals surface area (Å²) in [7, 11) is 0.